The Balaban J connectivity index is 2.22. The Bertz CT molecular complexity index is 435. The second-order valence-corrected chi connectivity index (χ2v) is 3.69. The molecule has 0 bridgehead atoms. The summed E-state index contributed by atoms with van der Waals surface area (Å²) in [6.07, 6.45) is 3.01. The quantitative estimate of drug-likeness (QED) is 0.762. The van der Waals surface area contributed by atoms with E-state index in [0.717, 1.165) is 17.5 Å². The fourth-order valence-corrected chi connectivity index (χ4v) is 1.40. The Kier molecular flexibility index (Phi) is 2.64. The van der Waals surface area contributed by atoms with Gasteiger partial charge in [0.05, 0.1) is 12.8 Å². The minimum Gasteiger partial charge on any atom is -0.462 e. The molecule has 1 aromatic heterocycles. The Morgan fingerprint density at radius 3 is 2.88 bits per heavy atom. The molecule has 6 heteroatoms. The fourth-order valence-electron chi connectivity index (χ4n) is 1.40. The van der Waals surface area contributed by atoms with E-state index >= 15 is 0 Å². The highest BCUT2D eigenvalue weighted by atomic mass is 16.5. The molecule has 1 aliphatic carbocycles. The minimum atomic E-state index is -0.546. The number of anilines is 1. The van der Waals surface area contributed by atoms with Crippen LogP contribution in [0.4, 0.5) is 5.82 Å². The zero-order valence-electron chi connectivity index (χ0n) is 8.97. The summed E-state index contributed by atoms with van der Waals surface area (Å²) in [6, 6.07) is 0. The van der Waals surface area contributed by atoms with Gasteiger partial charge in [0.1, 0.15) is 11.4 Å². The number of hydrogen-bond acceptors (Lipinski definition) is 5. The van der Waals surface area contributed by atoms with Crippen molar-refractivity contribution in [1.29, 1.82) is 0 Å². The number of carbonyl (C=O) groups excluding carboxylic acids is 2. The molecule has 1 aliphatic rings. The highest BCUT2D eigenvalue weighted by molar-refractivity contribution is 5.97. The van der Waals surface area contributed by atoms with E-state index in [9.17, 15) is 9.59 Å². The maximum atomic E-state index is 11.7. The van der Waals surface area contributed by atoms with Crippen molar-refractivity contribution in [3.05, 3.63) is 11.8 Å². The largest absolute Gasteiger partial charge is 0.462 e. The van der Waals surface area contributed by atoms with Crippen LogP contribution >= 0.6 is 0 Å². The first-order valence-electron chi connectivity index (χ1n) is 5.20. The monoisotopic (exact) mass is 223 g/mol. The molecule has 0 saturated heterocycles. The van der Waals surface area contributed by atoms with Crippen molar-refractivity contribution >= 4 is 17.7 Å². The van der Waals surface area contributed by atoms with Gasteiger partial charge < -0.3 is 10.5 Å². The number of carbonyl (C=O) groups is 2. The van der Waals surface area contributed by atoms with Gasteiger partial charge in [0.15, 0.2) is 0 Å². The average molecular weight is 223 g/mol. The van der Waals surface area contributed by atoms with Gasteiger partial charge >= 0.3 is 5.97 Å². The molecule has 86 valence electrons. The molecule has 1 heterocycles. The highest BCUT2D eigenvalue weighted by Crippen LogP contribution is 2.31. The van der Waals surface area contributed by atoms with Crippen LogP contribution in [-0.2, 0) is 4.74 Å². The van der Waals surface area contributed by atoms with Crippen LogP contribution in [-0.4, -0.2) is 28.3 Å². The molecule has 0 aromatic carbocycles. The van der Waals surface area contributed by atoms with Gasteiger partial charge in [-0.2, -0.15) is 9.78 Å². The first-order chi connectivity index (χ1) is 7.65. The van der Waals surface area contributed by atoms with E-state index in [1.165, 1.54) is 6.20 Å². The lowest BCUT2D eigenvalue weighted by molar-refractivity contribution is 0.0527. The van der Waals surface area contributed by atoms with E-state index in [1.54, 1.807) is 6.92 Å². The predicted molar refractivity (Wildman–Crippen MR) is 55.9 cm³/mol. The smallest absolute Gasteiger partial charge is 0.343 e. The van der Waals surface area contributed by atoms with Crippen molar-refractivity contribution < 1.29 is 14.3 Å². The summed E-state index contributed by atoms with van der Waals surface area (Å²) in [5.74, 6) is -0.615. The lowest BCUT2D eigenvalue weighted by atomic mass is 10.3. The Labute approximate surface area is 92.4 Å². The van der Waals surface area contributed by atoms with Crippen molar-refractivity contribution in [3.8, 4) is 0 Å². The molecule has 1 aromatic rings. The maximum absolute atomic E-state index is 11.7. The molecular formula is C10H13N3O3. The molecule has 1 saturated carbocycles. The van der Waals surface area contributed by atoms with Crippen molar-refractivity contribution in [2.75, 3.05) is 12.3 Å². The number of esters is 1. The third-order valence-corrected chi connectivity index (χ3v) is 2.44. The topological polar surface area (TPSA) is 87.2 Å². The van der Waals surface area contributed by atoms with Crippen LogP contribution in [0.3, 0.4) is 0 Å². The molecule has 0 unspecified atom stereocenters. The zero-order chi connectivity index (χ0) is 11.7. The third kappa shape index (κ3) is 1.78. The summed E-state index contributed by atoms with van der Waals surface area (Å²) >= 11 is 0. The molecule has 0 radical (unpaired) electrons. The van der Waals surface area contributed by atoms with Crippen LogP contribution < -0.4 is 5.73 Å². The van der Waals surface area contributed by atoms with Gasteiger partial charge in [-0.1, -0.05) is 0 Å². The highest BCUT2D eigenvalue weighted by Gasteiger charge is 2.33. The number of nitrogens with zero attached hydrogens (tertiary/aromatic N) is 2. The molecule has 0 spiro atoms. The van der Waals surface area contributed by atoms with Crippen LogP contribution in [0, 0.1) is 5.92 Å². The molecule has 0 aliphatic heterocycles. The van der Waals surface area contributed by atoms with Gasteiger partial charge in [0, 0.05) is 5.92 Å². The van der Waals surface area contributed by atoms with Crippen LogP contribution in [0.2, 0.25) is 0 Å². The number of nitrogens with two attached hydrogens (primary N) is 1. The summed E-state index contributed by atoms with van der Waals surface area (Å²) < 4.78 is 5.88. The summed E-state index contributed by atoms with van der Waals surface area (Å²) in [5, 5.41) is 3.82. The second-order valence-electron chi connectivity index (χ2n) is 3.69. The molecule has 0 atom stereocenters. The second kappa shape index (κ2) is 3.96. The van der Waals surface area contributed by atoms with Crippen molar-refractivity contribution in [2.24, 2.45) is 5.92 Å². The van der Waals surface area contributed by atoms with E-state index in [-0.39, 0.29) is 29.8 Å². The number of hydrogen-bond donors (Lipinski definition) is 1. The van der Waals surface area contributed by atoms with Gasteiger partial charge in [-0.3, -0.25) is 4.79 Å². The van der Waals surface area contributed by atoms with E-state index in [4.69, 9.17) is 10.5 Å². The van der Waals surface area contributed by atoms with Crippen LogP contribution in [0.25, 0.3) is 0 Å². The lowest BCUT2D eigenvalue weighted by Gasteiger charge is -2.02. The maximum Gasteiger partial charge on any atom is 0.343 e. The fraction of sp³-hybridized carbons (Fsp3) is 0.500. The Morgan fingerprint density at radius 1 is 1.62 bits per heavy atom. The summed E-state index contributed by atoms with van der Waals surface area (Å²) in [5.41, 5.74) is 5.83. The first kappa shape index (κ1) is 10.7. The molecular weight excluding hydrogens is 210 g/mol. The zero-order valence-corrected chi connectivity index (χ0v) is 8.97. The summed E-state index contributed by atoms with van der Waals surface area (Å²) in [4.78, 5) is 23.1. The van der Waals surface area contributed by atoms with E-state index in [2.05, 4.69) is 5.10 Å². The Hall–Kier alpha value is -1.85. The molecule has 1 fully saturated rings. The van der Waals surface area contributed by atoms with Crippen LogP contribution in [0.1, 0.15) is 34.9 Å². The third-order valence-electron chi connectivity index (χ3n) is 2.44. The standard InChI is InChI=1S/C10H13N3O3/c1-2-16-10(15)7-5-12-13(8(7)11)9(14)6-3-4-6/h5-6H,2-4,11H2,1H3. The first-order valence-corrected chi connectivity index (χ1v) is 5.20. The molecule has 16 heavy (non-hydrogen) atoms. The Morgan fingerprint density at radius 2 is 2.31 bits per heavy atom. The van der Waals surface area contributed by atoms with Crippen molar-refractivity contribution in [3.63, 3.8) is 0 Å². The number of ether oxygens (including phenoxy) is 1. The number of aromatic nitrogens is 2. The van der Waals surface area contributed by atoms with E-state index in [0.29, 0.717) is 0 Å². The van der Waals surface area contributed by atoms with Crippen LogP contribution in [0.15, 0.2) is 6.20 Å². The summed E-state index contributed by atoms with van der Waals surface area (Å²) in [7, 11) is 0. The lowest BCUT2D eigenvalue weighted by Crippen LogP contribution is -2.17. The van der Waals surface area contributed by atoms with Crippen LogP contribution in [0.5, 0.6) is 0 Å². The minimum absolute atomic E-state index is 0.0113. The van der Waals surface area contributed by atoms with E-state index in [1.807, 2.05) is 0 Å². The average Bonchev–Trinajstić information content (AvgIpc) is 3.02. The molecule has 2 rings (SSSR count). The SMILES string of the molecule is CCOC(=O)c1cnn(C(=O)C2CC2)c1N. The van der Waals surface area contributed by atoms with Gasteiger partial charge in [-0.15, -0.1) is 0 Å². The van der Waals surface area contributed by atoms with Gasteiger partial charge in [-0.25, -0.2) is 4.79 Å². The molecule has 0 amide bonds. The van der Waals surface area contributed by atoms with Crippen molar-refractivity contribution in [1.82, 2.24) is 9.78 Å². The van der Waals surface area contributed by atoms with Gasteiger partial charge in [-0.05, 0) is 19.8 Å². The van der Waals surface area contributed by atoms with Gasteiger partial charge in [0.2, 0.25) is 0 Å². The molecule has 2 N–H and O–H groups in total. The predicted octanol–water partition coefficient (Wildman–Crippen LogP) is 0.692. The summed E-state index contributed by atoms with van der Waals surface area (Å²) in [6.45, 7) is 1.97. The molecule has 6 nitrogen and oxygen atoms in total. The number of rotatable bonds is 3. The van der Waals surface area contributed by atoms with Crippen molar-refractivity contribution in [2.45, 2.75) is 19.8 Å². The van der Waals surface area contributed by atoms with E-state index < -0.39 is 5.97 Å². The number of nitrogen functional groups attached to an aromatic ring is 1. The normalized spacial score (nSPS) is 14.8. The van der Waals surface area contributed by atoms with Gasteiger partial charge in [0.25, 0.3) is 5.91 Å².